The van der Waals surface area contributed by atoms with Crippen LogP contribution in [0.4, 0.5) is 21.0 Å². The van der Waals surface area contributed by atoms with Crippen molar-refractivity contribution in [3.05, 3.63) is 65.4 Å². The van der Waals surface area contributed by atoms with Crippen molar-refractivity contribution in [3.8, 4) is 0 Å². The molecule has 36 heavy (non-hydrogen) atoms. The summed E-state index contributed by atoms with van der Waals surface area (Å²) in [6.45, 7) is 8.45. The Kier molecular flexibility index (Phi) is 9.41. The van der Waals surface area contributed by atoms with Crippen molar-refractivity contribution in [3.63, 3.8) is 0 Å². The molecule has 3 rings (SSSR count). The lowest BCUT2D eigenvalue weighted by molar-refractivity contribution is -0.140. The van der Waals surface area contributed by atoms with Gasteiger partial charge in [0.05, 0.1) is 18.2 Å². The molecule has 1 aliphatic rings. The molecule has 0 aromatic heterocycles. The third-order valence-corrected chi connectivity index (χ3v) is 6.38. The highest BCUT2D eigenvalue weighted by Crippen LogP contribution is 2.32. The number of hydrogen-bond acceptors (Lipinski definition) is 5. The van der Waals surface area contributed by atoms with Crippen LogP contribution in [0.3, 0.4) is 0 Å². The fourth-order valence-corrected chi connectivity index (χ4v) is 4.28. The summed E-state index contributed by atoms with van der Waals surface area (Å²) in [5.74, 6) is -0.279. The second-order valence-corrected chi connectivity index (χ2v) is 9.84. The van der Waals surface area contributed by atoms with Crippen LogP contribution in [0.15, 0.2) is 64.7 Å². The normalized spacial score (nSPS) is 15.6. The highest BCUT2D eigenvalue weighted by Gasteiger charge is 2.36. The lowest BCUT2D eigenvalue weighted by Gasteiger charge is -2.35. The summed E-state index contributed by atoms with van der Waals surface area (Å²) in [4.78, 5) is 41.2. The molecule has 192 valence electrons. The van der Waals surface area contributed by atoms with Crippen LogP contribution in [0.2, 0.25) is 0 Å². The van der Waals surface area contributed by atoms with E-state index in [1.165, 1.54) is 0 Å². The van der Waals surface area contributed by atoms with Crippen LogP contribution in [0.25, 0.3) is 0 Å². The topological polar surface area (TPSA) is 99.8 Å². The number of amides is 4. The number of rotatable bonds is 9. The standard InChI is InChI=1S/C27H34N4O4S/c1-6-14-31-18(4)23(25(32)35-16-17(2)3)24(30-27(31)34)19-8-7-9-21(15-19)29-26(33)28-20-10-12-22(36-5)13-11-20/h7-13,15,17,24H,6,14,16H2,1-5H3,(H,30,34)(H2,28,29,33). The van der Waals surface area contributed by atoms with E-state index < -0.39 is 18.0 Å². The van der Waals surface area contributed by atoms with Gasteiger partial charge in [0.2, 0.25) is 0 Å². The Labute approximate surface area is 216 Å². The molecule has 4 amide bonds. The number of carbonyl (C=O) groups is 3. The summed E-state index contributed by atoms with van der Waals surface area (Å²) in [6, 6.07) is 13.3. The smallest absolute Gasteiger partial charge is 0.338 e. The zero-order chi connectivity index (χ0) is 26.2. The quantitative estimate of drug-likeness (QED) is 0.284. The average Bonchev–Trinajstić information content (AvgIpc) is 2.85. The predicted octanol–water partition coefficient (Wildman–Crippen LogP) is 6.00. The Bertz CT molecular complexity index is 1130. The summed E-state index contributed by atoms with van der Waals surface area (Å²) in [5.41, 5.74) is 2.83. The zero-order valence-electron chi connectivity index (χ0n) is 21.4. The van der Waals surface area contributed by atoms with E-state index >= 15 is 0 Å². The van der Waals surface area contributed by atoms with Gasteiger partial charge >= 0.3 is 18.0 Å². The van der Waals surface area contributed by atoms with Crippen molar-refractivity contribution in [1.82, 2.24) is 10.2 Å². The number of nitrogens with zero attached hydrogens (tertiary/aromatic N) is 1. The Morgan fingerprint density at radius 3 is 2.44 bits per heavy atom. The van der Waals surface area contributed by atoms with Gasteiger partial charge in [-0.25, -0.2) is 14.4 Å². The van der Waals surface area contributed by atoms with Crippen LogP contribution in [-0.4, -0.2) is 42.3 Å². The molecule has 0 radical (unpaired) electrons. The number of benzene rings is 2. The van der Waals surface area contributed by atoms with Crippen molar-refractivity contribution in [1.29, 1.82) is 0 Å². The summed E-state index contributed by atoms with van der Waals surface area (Å²) < 4.78 is 5.55. The SMILES string of the molecule is CCCN1C(=O)NC(c2cccc(NC(=O)Nc3ccc(SC)cc3)c2)C(C(=O)OCC(C)C)=C1C. The molecule has 2 aromatic carbocycles. The maximum absolute atomic E-state index is 13.1. The third kappa shape index (κ3) is 6.81. The summed E-state index contributed by atoms with van der Waals surface area (Å²) in [7, 11) is 0. The van der Waals surface area contributed by atoms with Crippen molar-refractivity contribution in [2.75, 3.05) is 30.0 Å². The van der Waals surface area contributed by atoms with E-state index in [-0.39, 0.29) is 18.6 Å². The molecular formula is C27H34N4O4S. The van der Waals surface area contributed by atoms with Crippen LogP contribution >= 0.6 is 11.8 Å². The molecule has 0 aliphatic carbocycles. The molecule has 0 bridgehead atoms. The van der Waals surface area contributed by atoms with Gasteiger partial charge in [0.25, 0.3) is 0 Å². The first-order valence-electron chi connectivity index (χ1n) is 12.0. The van der Waals surface area contributed by atoms with Crippen molar-refractivity contribution in [2.45, 2.75) is 45.1 Å². The van der Waals surface area contributed by atoms with Gasteiger partial charge in [-0.2, -0.15) is 0 Å². The lowest BCUT2D eigenvalue weighted by atomic mass is 9.94. The molecule has 1 unspecified atom stereocenters. The van der Waals surface area contributed by atoms with Crippen LogP contribution in [0.1, 0.15) is 45.7 Å². The minimum Gasteiger partial charge on any atom is -0.462 e. The number of esters is 1. The van der Waals surface area contributed by atoms with Gasteiger partial charge in [-0.05, 0) is 67.5 Å². The molecule has 2 aromatic rings. The van der Waals surface area contributed by atoms with E-state index in [1.54, 1.807) is 41.8 Å². The number of hydrogen-bond donors (Lipinski definition) is 3. The Morgan fingerprint density at radius 2 is 1.81 bits per heavy atom. The van der Waals surface area contributed by atoms with Crippen molar-refractivity contribution >= 4 is 41.2 Å². The first-order valence-corrected chi connectivity index (χ1v) is 13.2. The van der Waals surface area contributed by atoms with E-state index in [0.29, 0.717) is 34.8 Å². The molecule has 0 saturated heterocycles. The number of anilines is 2. The number of ether oxygens (including phenoxy) is 1. The van der Waals surface area contributed by atoms with Crippen molar-refractivity contribution < 1.29 is 19.1 Å². The number of thioether (sulfide) groups is 1. The zero-order valence-corrected chi connectivity index (χ0v) is 22.2. The van der Waals surface area contributed by atoms with Crippen LogP contribution in [-0.2, 0) is 9.53 Å². The third-order valence-electron chi connectivity index (χ3n) is 5.64. The Balaban J connectivity index is 1.84. The van der Waals surface area contributed by atoms with Crippen LogP contribution in [0, 0.1) is 5.92 Å². The molecule has 1 heterocycles. The van der Waals surface area contributed by atoms with Gasteiger partial charge < -0.3 is 20.7 Å². The highest BCUT2D eigenvalue weighted by molar-refractivity contribution is 7.98. The highest BCUT2D eigenvalue weighted by atomic mass is 32.2. The monoisotopic (exact) mass is 510 g/mol. The Morgan fingerprint density at radius 1 is 1.11 bits per heavy atom. The molecule has 1 aliphatic heterocycles. The molecule has 0 spiro atoms. The van der Waals surface area contributed by atoms with E-state index in [4.69, 9.17) is 4.74 Å². The second kappa shape index (κ2) is 12.5. The fraction of sp³-hybridized carbons (Fsp3) is 0.370. The number of urea groups is 2. The maximum atomic E-state index is 13.1. The summed E-state index contributed by atoms with van der Waals surface area (Å²) >= 11 is 1.63. The number of allylic oxidation sites excluding steroid dienone is 1. The van der Waals surface area contributed by atoms with Gasteiger partial charge in [-0.1, -0.05) is 32.9 Å². The summed E-state index contributed by atoms with van der Waals surface area (Å²) in [6.07, 6.45) is 2.74. The van der Waals surface area contributed by atoms with E-state index in [0.717, 1.165) is 11.3 Å². The molecule has 3 N–H and O–H groups in total. The maximum Gasteiger partial charge on any atom is 0.338 e. The first kappa shape index (κ1) is 27.1. The summed E-state index contributed by atoms with van der Waals surface area (Å²) in [5, 5.41) is 8.58. The van der Waals surface area contributed by atoms with E-state index in [1.807, 2.05) is 57.4 Å². The Hall–Kier alpha value is -3.46. The molecule has 9 heteroatoms. The minimum absolute atomic E-state index is 0.182. The van der Waals surface area contributed by atoms with E-state index in [2.05, 4.69) is 16.0 Å². The van der Waals surface area contributed by atoms with Gasteiger partial charge in [0.15, 0.2) is 0 Å². The van der Waals surface area contributed by atoms with E-state index in [9.17, 15) is 14.4 Å². The van der Waals surface area contributed by atoms with Gasteiger partial charge in [0, 0.05) is 28.5 Å². The second-order valence-electron chi connectivity index (χ2n) is 8.96. The molecule has 0 saturated carbocycles. The molecule has 8 nitrogen and oxygen atoms in total. The molecular weight excluding hydrogens is 476 g/mol. The van der Waals surface area contributed by atoms with Crippen LogP contribution in [0.5, 0.6) is 0 Å². The van der Waals surface area contributed by atoms with Gasteiger partial charge in [-0.15, -0.1) is 11.8 Å². The average molecular weight is 511 g/mol. The van der Waals surface area contributed by atoms with Crippen LogP contribution < -0.4 is 16.0 Å². The minimum atomic E-state index is -0.700. The molecule has 1 atom stereocenters. The number of carbonyl (C=O) groups excluding carboxylic acids is 3. The van der Waals surface area contributed by atoms with Gasteiger partial charge in [-0.3, -0.25) is 4.90 Å². The molecule has 0 fully saturated rings. The lowest BCUT2D eigenvalue weighted by Crippen LogP contribution is -2.48. The first-order chi connectivity index (χ1) is 17.2. The largest absolute Gasteiger partial charge is 0.462 e. The fourth-order valence-electron chi connectivity index (χ4n) is 3.87. The predicted molar refractivity (Wildman–Crippen MR) is 144 cm³/mol. The van der Waals surface area contributed by atoms with Gasteiger partial charge in [0.1, 0.15) is 0 Å². The number of nitrogens with one attached hydrogen (secondary N) is 3. The van der Waals surface area contributed by atoms with Crippen molar-refractivity contribution in [2.24, 2.45) is 5.92 Å².